The number of carbonyl (C=O) groups excluding carboxylic acids is 1. The molecule has 9 heteroatoms. The molecule has 7 nitrogen and oxygen atoms in total. The predicted octanol–water partition coefficient (Wildman–Crippen LogP) is 4.08. The zero-order valence-electron chi connectivity index (χ0n) is 12.4. The molecule has 0 bridgehead atoms. The number of benzene rings is 1. The van der Waals surface area contributed by atoms with Gasteiger partial charge in [-0.25, -0.2) is 9.97 Å². The first-order valence-electron chi connectivity index (χ1n) is 6.79. The molecular weight excluding hydrogens is 353 g/mol. The SMILES string of the molecule is Cc1cc(Nc2cc(C(=O)Nc3cc(Cl)cc(Cl)c3)ncn2)no1. The maximum atomic E-state index is 12.3. The summed E-state index contributed by atoms with van der Waals surface area (Å²) in [5.74, 6) is 1.13. The highest BCUT2D eigenvalue weighted by molar-refractivity contribution is 6.35. The van der Waals surface area contributed by atoms with E-state index >= 15 is 0 Å². The second kappa shape index (κ2) is 6.86. The van der Waals surface area contributed by atoms with Gasteiger partial charge in [0.1, 0.15) is 23.6 Å². The van der Waals surface area contributed by atoms with Crippen LogP contribution in [-0.4, -0.2) is 21.0 Å². The van der Waals surface area contributed by atoms with Gasteiger partial charge in [0.05, 0.1) is 0 Å². The lowest BCUT2D eigenvalue weighted by Crippen LogP contribution is -2.14. The zero-order valence-corrected chi connectivity index (χ0v) is 13.9. The van der Waals surface area contributed by atoms with Crippen molar-refractivity contribution >= 4 is 46.4 Å². The van der Waals surface area contributed by atoms with Crippen molar-refractivity contribution in [3.8, 4) is 0 Å². The molecule has 2 aromatic heterocycles. The predicted molar refractivity (Wildman–Crippen MR) is 91.0 cm³/mol. The lowest BCUT2D eigenvalue weighted by Gasteiger charge is -2.07. The van der Waals surface area contributed by atoms with E-state index in [-0.39, 0.29) is 5.69 Å². The van der Waals surface area contributed by atoms with Crippen LogP contribution < -0.4 is 10.6 Å². The molecule has 0 aliphatic carbocycles. The largest absolute Gasteiger partial charge is 0.360 e. The lowest BCUT2D eigenvalue weighted by atomic mass is 10.3. The minimum Gasteiger partial charge on any atom is -0.360 e. The van der Waals surface area contributed by atoms with Crippen LogP contribution in [0.25, 0.3) is 0 Å². The molecule has 24 heavy (non-hydrogen) atoms. The summed E-state index contributed by atoms with van der Waals surface area (Å²) >= 11 is 11.8. The Kier molecular flexibility index (Phi) is 4.64. The molecule has 1 aromatic carbocycles. The second-order valence-corrected chi connectivity index (χ2v) is 5.72. The van der Waals surface area contributed by atoms with E-state index in [1.54, 1.807) is 31.2 Å². The molecule has 0 aliphatic rings. The average Bonchev–Trinajstić information content (AvgIpc) is 2.91. The molecule has 0 unspecified atom stereocenters. The highest BCUT2D eigenvalue weighted by Gasteiger charge is 2.11. The maximum Gasteiger partial charge on any atom is 0.274 e. The Bertz CT molecular complexity index is 877. The molecule has 0 atom stereocenters. The first-order chi connectivity index (χ1) is 11.5. The third kappa shape index (κ3) is 4.01. The quantitative estimate of drug-likeness (QED) is 0.725. The van der Waals surface area contributed by atoms with Crippen molar-refractivity contribution in [3.63, 3.8) is 0 Å². The van der Waals surface area contributed by atoms with Crippen LogP contribution in [0, 0.1) is 6.92 Å². The topological polar surface area (TPSA) is 92.9 Å². The fraction of sp³-hybridized carbons (Fsp3) is 0.0667. The van der Waals surface area contributed by atoms with Crippen LogP contribution in [0.5, 0.6) is 0 Å². The van der Waals surface area contributed by atoms with Crippen LogP contribution in [0.4, 0.5) is 17.3 Å². The van der Waals surface area contributed by atoms with Crippen LogP contribution in [0.1, 0.15) is 16.2 Å². The van der Waals surface area contributed by atoms with E-state index in [2.05, 4.69) is 25.8 Å². The van der Waals surface area contributed by atoms with Gasteiger partial charge in [-0.3, -0.25) is 4.79 Å². The van der Waals surface area contributed by atoms with Crippen molar-refractivity contribution in [1.29, 1.82) is 0 Å². The van der Waals surface area contributed by atoms with Gasteiger partial charge in [0, 0.05) is 27.9 Å². The molecule has 0 fully saturated rings. The number of anilines is 3. The number of nitrogens with zero attached hydrogens (tertiary/aromatic N) is 3. The van der Waals surface area contributed by atoms with E-state index in [1.807, 2.05) is 0 Å². The van der Waals surface area contributed by atoms with Crippen LogP contribution in [-0.2, 0) is 0 Å². The average molecular weight is 364 g/mol. The summed E-state index contributed by atoms with van der Waals surface area (Å²) in [6.45, 7) is 1.77. The summed E-state index contributed by atoms with van der Waals surface area (Å²) in [4.78, 5) is 20.3. The van der Waals surface area contributed by atoms with Gasteiger partial charge in [0.15, 0.2) is 5.82 Å². The Labute approximate surface area is 147 Å². The van der Waals surface area contributed by atoms with E-state index in [9.17, 15) is 4.79 Å². The van der Waals surface area contributed by atoms with Crippen molar-refractivity contribution in [2.45, 2.75) is 6.92 Å². The summed E-state index contributed by atoms with van der Waals surface area (Å²) in [5.41, 5.74) is 0.640. The van der Waals surface area contributed by atoms with Crippen molar-refractivity contribution < 1.29 is 9.32 Å². The van der Waals surface area contributed by atoms with Gasteiger partial charge in [-0.15, -0.1) is 0 Å². The maximum absolute atomic E-state index is 12.3. The molecule has 0 radical (unpaired) electrons. The first kappa shape index (κ1) is 16.2. The fourth-order valence-corrected chi connectivity index (χ4v) is 2.45. The standard InChI is InChI=1S/C15H11Cl2N5O2/c1-8-2-14(22-24-8)21-13-6-12(18-7-19-13)15(23)20-11-4-9(16)3-10(17)5-11/h2-7H,1H3,(H,20,23)(H,18,19,21,22). The number of carbonyl (C=O) groups is 1. The summed E-state index contributed by atoms with van der Waals surface area (Å²) in [7, 11) is 0. The number of aryl methyl sites for hydroxylation is 1. The molecule has 3 aromatic rings. The van der Waals surface area contributed by atoms with E-state index in [4.69, 9.17) is 27.7 Å². The van der Waals surface area contributed by atoms with Crippen LogP contribution in [0.15, 0.2) is 41.2 Å². The Balaban J connectivity index is 1.76. The van der Waals surface area contributed by atoms with Crippen LogP contribution in [0.2, 0.25) is 10.0 Å². The molecule has 0 saturated heterocycles. The molecule has 0 spiro atoms. The molecule has 0 aliphatic heterocycles. The highest BCUT2D eigenvalue weighted by atomic mass is 35.5. The number of halogens is 2. The minimum atomic E-state index is -0.421. The van der Waals surface area contributed by atoms with Crippen molar-refractivity contribution in [1.82, 2.24) is 15.1 Å². The van der Waals surface area contributed by atoms with Crippen LogP contribution >= 0.6 is 23.2 Å². The third-order valence-electron chi connectivity index (χ3n) is 2.90. The van der Waals surface area contributed by atoms with E-state index < -0.39 is 5.91 Å². The number of nitrogens with one attached hydrogen (secondary N) is 2. The molecular formula is C15H11Cl2N5O2. The van der Waals surface area contributed by atoms with Crippen molar-refractivity contribution in [3.05, 3.63) is 58.2 Å². The Morgan fingerprint density at radius 3 is 2.46 bits per heavy atom. The van der Waals surface area contributed by atoms with Gasteiger partial charge in [0.25, 0.3) is 5.91 Å². The first-order valence-corrected chi connectivity index (χ1v) is 7.55. The van der Waals surface area contributed by atoms with Gasteiger partial charge in [-0.1, -0.05) is 28.4 Å². The summed E-state index contributed by atoms with van der Waals surface area (Å²) < 4.78 is 4.96. The molecule has 2 heterocycles. The third-order valence-corrected chi connectivity index (χ3v) is 3.34. The number of rotatable bonds is 4. The molecule has 1 amide bonds. The van der Waals surface area contributed by atoms with Gasteiger partial charge in [0.2, 0.25) is 0 Å². The number of hydrogen-bond donors (Lipinski definition) is 2. The zero-order chi connectivity index (χ0) is 17.1. The summed E-state index contributed by atoms with van der Waals surface area (Å²) in [6.07, 6.45) is 1.27. The normalized spacial score (nSPS) is 10.5. The van der Waals surface area contributed by atoms with Gasteiger partial charge in [-0.05, 0) is 25.1 Å². The van der Waals surface area contributed by atoms with E-state index in [0.29, 0.717) is 33.1 Å². The molecule has 3 rings (SSSR count). The van der Waals surface area contributed by atoms with Crippen molar-refractivity contribution in [2.75, 3.05) is 10.6 Å². The van der Waals surface area contributed by atoms with Crippen molar-refractivity contribution in [2.24, 2.45) is 0 Å². The Morgan fingerprint density at radius 1 is 1.04 bits per heavy atom. The Morgan fingerprint density at radius 2 is 1.79 bits per heavy atom. The lowest BCUT2D eigenvalue weighted by molar-refractivity contribution is 0.102. The number of aromatic nitrogens is 3. The van der Waals surface area contributed by atoms with E-state index in [1.165, 1.54) is 12.4 Å². The fourth-order valence-electron chi connectivity index (χ4n) is 1.93. The smallest absolute Gasteiger partial charge is 0.274 e. The second-order valence-electron chi connectivity index (χ2n) is 4.85. The number of hydrogen-bond acceptors (Lipinski definition) is 6. The van der Waals surface area contributed by atoms with Gasteiger partial charge in [-0.2, -0.15) is 0 Å². The minimum absolute atomic E-state index is 0.170. The van der Waals surface area contributed by atoms with E-state index in [0.717, 1.165) is 0 Å². The van der Waals surface area contributed by atoms with Gasteiger partial charge >= 0.3 is 0 Å². The molecule has 0 saturated carbocycles. The van der Waals surface area contributed by atoms with Crippen LogP contribution in [0.3, 0.4) is 0 Å². The van der Waals surface area contributed by atoms with Gasteiger partial charge < -0.3 is 15.2 Å². The molecule has 2 N–H and O–H groups in total. The summed E-state index contributed by atoms with van der Waals surface area (Å²) in [5, 5.41) is 10.2. The monoisotopic (exact) mass is 363 g/mol. The highest BCUT2D eigenvalue weighted by Crippen LogP contribution is 2.23. The molecule has 122 valence electrons. The summed E-state index contributed by atoms with van der Waals surface area (Å²) in [6, 6.07) is 7.94. The Hall–Kier alpha value is -2.64. The number of amides is 1.